The summed E-state index contributed by atoms with van der Waals surface area (Å²) in [5.41, 5.74) is 6.66. The summed E-state index contributed by atoms with van der Waals surface area (Å²) in [6, 6.07) is 9.23. The van der Waals surface area contributed by atoms with Crippen LogP contribution in [0.25, 0.3) is 0 Å². The van der Waals surface area contributed by atoms with Gasteiger partial charge in [0.15, 0.2) is 6.10 Å². The number of thiophene rings is 1. The number of ether oxygens (including phenoxy) is 1. The van der Waals surface area contributed by atoms with Gasteiger partial charge in [-0.1, -0.05) is 18.2 Å². The van der Waals surface area contributed by atoms with Crippen LogP contribution < -0.4 is 15.8 Å². The SMILES string of the molecule is Cc1cc(C(N)=O)c(NC(=O)[C@@H]2Cc3ccccc3O2)s1. The lowest BCUT2D eigenvalue weighted by molar-refractivity contribution is -0.122. The quantitative estimate of drug-likeness (QED) is 0.911. The summed E-state index contributed by atoms with van der Waals surface area (Å²) in [6.07, 6.45) is -0.0522. The Kier molecular flexibility index (Phi) is 3.39. The van der Waals surface area contributed by atoms with Gasteiger partial charge in [0.2, 0.25) is 0 Å². The Morgan fingerprint density at radius 2 is 2.14 bits per heavy atom. The van der Waals surface area contributed by atoms with Gasteiger partial charge in [-0.25, -0.2) is 0 Å². The third kappa shape index (κ3) is 2.62. The molecule has 0 saturated heterocycles. The minimum absolute atomic E-state index is 0.268. The summed E-state index contributed by atoms with van der Waals surface area (Å²) >= 11 is 1.33. The molecule has 2 aromatic rings. The highest BCUT2D eigenvalue weighted by molar-refractivity contribution is 7.16. The molecule has 0 saturated carbocycles. The smallest absolute Gasteiger partial charge is 0.266 e. The molecule has 3 rings (SSSR count). The van der Waals surface area contributed by atoms with Crippen molar-refractivity contribution < 1.29 is 14.3 Å². The predicted molar refractivity (Wildman–Crippen MR) is 80.8 cm³/mol. The molecule has 2 amide bonds. The maximum atomic E-state index is 12.3. The molecule has 1 aromatic heterocycles. The Hall–Kier alpha value is -2.34. The number of rotatable bonds is 3. The Bertz CT molecular complexity index is 698. The van der Waals surface area contributed by atoms with Crippen LogP contribution in [0.5, 0.6) is 5.75 Å². The van der Waals surface area contributed by atoms with Crippen LogP contribution in [0.3, 0.4) is 0 Å². The first-order valence-electron chi connectivity index (χ1n) is 6.50. The van der Waals surface area contributed by atoms with E-state index in [2.05, 4.69) is 5.32 Å². The standard InChI is InChI=1S/C15H14N2O3S/c1-8-6-10(13(16)18)15(21-8)17-14(19)12-7-9-4-2-3-5-11(9)20-12/h2-6,12H,7H2,1H3,(H2,16,18)(H,17,19)/t12-/m0/s1. The van der Waals surface area contributed by atoms with Gasteiger partial charge >= 0.3 is 0 Å². The number of amides is 2. The molecule has 6 heteroatoms. The molecule has 0 radical (unpaired) electrons. The highest BCUT2D eigenvalue weighted by Gasteiger charge is 2.29. The van der Waals surface area contributed by atoms with E-state index >= 15 is 0 Å². The van der Waals surface area contributed by atoms with Crippen LogP contribution in [0, 0.1) is 6.92 Å². The van der Waals surface area contributed by atoms with Gasteiger partial charge in [-0.3, -0.25) is 9.59 Å². The molecule has 0 unspecified atom stereocenters. The summed E-state index contributed by atoms with van der Waals surface area (Å²) in [5, 5.41) is 3.22. The van der Waals surface area contributed by atoms with Crippen LogP contribution in [0.1, 0.15) is 20.8 Å². The third-order valence-electron chi connectivity index (χ3n) is 3.30. The lowest BCUT2D eigenvalue weighted by atomic mass is 10.1. The lowest BCUT2D eigenvalue weighted by Crippen LogP contribution is -2.31. The van der Waals surface area contributed by atoms with Gasteiger partial charge in [0.05, 0.1) is 5.56 Å². The number of nitrogens with two attached hydrogens (primary N) is 1. The maximum absolute atomic E-state index is 12.3. The highest BCUT2D eigenvalue weighted by Crippen LogP contribution is 2.31. The van der Waals surface area contributed by atoms with Crippen molar-refractivity contribution in [1.82, 2.24) is 0 Å². The number of anilines is 1. The van der Waals surface area contributed by atoms with Crippen LogP contribution in [0.15, 0.2) is 30.3 Å². The first kappa shape index (κ1) is 13.6. The number of hydrogen-bond donors (Lipinski definition) is 2. The minimum atomic E-state index is -0.578. The van der Waals surface area contributed by atoms with Crippen LogP contribution in [0.4, 0.5) is 5.00 Å². The van der Waals surface area contributed by atoms with E-state index < -0.39 is 12.0 Å². The first-order chi connectivity index (χ1) is 10.0. The van der Waals surface area contributed by atoms with Crippen LogP contribution >= 0.6 is 11.3 Å². The van der Waals surface area contributed by atoms with Crippen LogP contribution in [-0.2, 0) is 11.2 Å². The molecule has 5 nitrogen and oxygen atoms in total. The molecular formula is C15H14N2O3S. The summed E-state index contributed by atoms with van der Waals surface area (Å²) < 4.78 is 5.62. The van der Waals surface area contributed by atoms with Gasteiger partial charge in [0.1, 0.15) is 10.8 Å². The van der Waals surface area contributed by atoms with E-state index in [9.17, 15) is 9.59 Å². The monoisotopic (exact) mass is 302 g/mol. The summed E-state index contributed by atoms with van der Waals surface area (Å²) in [4.78, 5) is 24.6. The normalized spacial score (nSPS) is 16.1. The summed E-state index contributed by atoms with van der Waals surface area (Å²) in [7, 11) is 0. The largest absolute Gasteiger partial charge is 0.480 e. The van der Waals surface area contributed by atoms with Crippen LogP contribution in [-0.4, -0.2) is 17.9 Å². The average molecular weight is 302 g/mol. The molecule has 108 valence electrons. The zero-order valence-corrected chi connectivity index (χ0v) is 12.2. The molecule has 1 aliphatic rings. The van der Waals surface area contributed by atoms with Crippen molar-refractivity contribution in [3.8, 4) is 5.75 Å². The summed E-state index contributed by atoms with van der Waals surface area (Å²) in [6.45, 7) is 1.86. The molecule has 0 spiro atoms. The van der Waals surface area contributed by atoms with E-state index in [4.69, 9.17) is 10.5 Å². The number of benzene rings is 1. The number of nitrogens with one attached hydrogen (secondary N) is 1. The van der Waals surface area contributed by atoms with Gasteiger partial charge in [0.25, 0.3) is 11.8 Å². The van der Waals surface area contributed by atoms with Gasteiger partial charge in [0, 0.05) is 11.3 Å². The molecule has 1 atom stereocenters. The number of hydrogen-bond acceptors (Lipinski definition) is 4. The number of carbonyl (C=O) groups excluding carboxylic acids is 2. The van der Waals surface area contributed by atoms with E-state index in [1.165, 1.54) is 11.3 Å². The van der Waals surface area contributed by atoms with Crippen molar-refractivity contribution in [3.63, 3.8) is 0 Å². The lowest BCUT2D eigenvalue weighted by Gasteiger charge is -2.10. The van der Waals surface area contributed by atoms with Crippen molar-refractivity contribution in [2.24, 2.45) is 5.73 Å². The van der Waals surface area contributed by atoms with Gasteiger partial charge in [-0.2, -0.15) is 0 Å². The van der Waals surface area contributed by atoms with Gasteiger partial charge < -0.3 is 15.8 Å². The van der Waals surface area contributed by atoms with E-state index in [1.807, 2.05) is 31.2 Å². The Morgan fingerprint density at radius 3 is 2.86 bits per heavy atom. The molecule has 21 heavy (non-hydrogen) atoms. The molecule has 0 fully saturated rings. The zero-order chi connectivity index (χ0) is 15.0. The molecular weight excluding hydrogens is 288 g/mol. The van der Waals surface area contributed by atoms with Crippen molar-refractivity contribution in [3.05, 3.63) is 46.3 Å². The zero-order valence-electron chi connectivity index (χ0n) is 11.4. The molecule has 0 bridgehead atoms. The highest BCUT2D eigenvalue weighted by atomic mass is 32.1. The van der Waals surface area contributed by atoms with E-state index in [1.54, 1.807) is 6.07 Å². The molecule has 2 heterocycles. The molecule has 1 aliphatic heterocycles. The second-order valence-corrected chi connectivity index (χ2v) is 6.13. The van der Waals surface area contributed by atoms with E-state index in [-0.39, 0.29) is 5.91 Å². The van der Waals surface area contributed by atoms with Gasteiger partial charge in [-0.05, 0) is 24.6 Å². The summed E-state index contributed by atoms with van der Waals surface area (Å²) in [5.74, 6) is -0.0871. The fourth-order valence-electron chi connectivity index (χ4n) is 2.31. The predicted octanol–water partition coefficient (Wildman–Crippen LogP) is 2.10. The van der Waals surface area contributed by atoms with Crippen molar-refractivity contribution in [2.75, 3.05) is 5.32 Å². The van der Waals surface area contributed by atoms with E-state index in [0.29, 0.717) is 17.0 Å². The van der Waals surface area contributed by atoms with Crippen LogP contribution in [0.2, 0.25) is 0 Å². The second-order valence-electron chi connectivity index (χ2n) is 4.87. The average Bonchev–Trinajstić information content (AvgIpc) is 3.02. The van der Waals surface area contributed by atoms with Gasteiger partial charge in [-0.15, -0.1) is 11.3 Å². The Morgan fingerprint density at radius 1 is 1.38 bits per heavy atom. The number of primary amides is 1. The maximum Gasteiger partial charge on any atom is 0.266 e. The Balaban J connectivity index is 1.75. The van der Waals surface area contributed by atoms with E-state index in [0.717, 1.165) is 16.2 Å². The fraction of sp³-hybridized carbons (Fsp3) is 0.200. The first-order valence-corrected chi connectivity index (χ1v) is 7.32. The molecule has 0 aliphatic carbocycles. The third-order valence-corrected chi connectivity index (χ3v) is 4.26. The van der Waals surface area contributed by atoms with Crippen molar-refractivity contribution >= 4 is 28.2 Å². The van der Waals surface area contributed by atoms with Crippen molar-refractivity contribution in [2.45, 2.75) is 19.4 Å². The number of carbonyl (C=O) groups is 2. The second kappa shape index (κ2) is 5.21. The molecule has 1 aromatic carbocycles. The van der Waals surface area contributed by atoms with Crippen molar-refractivity contribution in [1.29, 1.82) is 0 Å². The topological polar surface area (TPSA) is 81.4 Å². The fourth-order valence-corrected chi connectivity index (χ4v) is 3.23. The number of para-hydroxylation sites is 1. The minimum Gasteiger partial charge on any atom is -0.480 e. The number of fused-ring (bicyclic) bond motifs is 1. The number of aryl methyl sites for hydroxylation is 1. The Labute approximate surface area is 125 Å². The molecule has 3 N–H and O–H groups in total.